The summed E-state index contributed by atoms with van der Waals surface area (Å²) in [5, 5.41) is 22.9. The maximum Gasteiger partial charge on any atom is 0.363 e. The lowest BCUT2D eigenvalue weighted by Gasteiger charge is -2.03. The molecule has 0 aliphatic carbocycles. The lowest BCUT2D eigenvalue weighted by atomic mass is 10.2. The van der Waals surface area contributed by atoms with Crippen molar-refractivity contribution in [1.29, 1.82) is 0 Å². The van der Waals surface area contributed by atoms with Crippen molar-refractivity contribution in [3.05, 3.63) is 57.4 Å². The van der Waals surface area contributed by atoms with Crippen LogP contribution >= 0.6 is 0 Å². The minimum atomic E-state index is -1.57. The maximum atomic E-state index is 13.4. The van der Waals surface area contributed by atoms with Crippen molar-refractivity contribution in [3.8, 4) is 0 Å². The normalized spacial score (nSPS) is 10.5. The van der Waals surface area contributed by atoms with Gasteiger partial charge in [-0.15, -0.1) is 0 Å². The van der Waals surface area contributed by atoms with Crippen LogP contribution in [0, 0.1) is 21.7 Å². The molecule has 0 bridgehead atoms. The predicted molar refractivity (Wildman–Crippen MR) is 61.3 cm³/mol. The van der Waals surface area contributed by atoms with E-state index in [9.17, 15) is 23.7 Å². The molecule has 9 heteroatoms. The number of hydrogen-bond donors (Lipinski definition) is 1. The zero-order valence-corrected chi connectivity index (χ0v) is 9.79. The number of rotatable bonds is 4. The van der Waals surface area contributed by atoms with Crippen molar-refractivity contribution in [3.63, 3.8) is 0 Å². The average Bonchev–Trinajstić information content (AvgIpc) is 2.78. The van der Waals surface area contributed by atoms with Gasteiger partial charge in [-0.1, -0.05) is 0 Å². The van der Waals surface area contributed by atoms with Crippen molar-refractivity contribution in [1.82, 2.24) is 9.78 Å². The number of halogens is 2. The molecule has 104 valence electrons. The molecule has 7 nitrogen and oxygen atoms in total. The van der Waals surface area contributed by atoms with E-state index in [1.807, 2.05) is 0 Å². The number of carboxylic acid groups (broad SMARTS) is 1. The van der Waals surface area contributed by atoms with Gasteiger partial charge in [0, 0.05) is 5.56 Å². The van der Waals surface area contributed by atoms with Gasteiger partial charge in [-0.3, -0.25) is 14.8 Å². The van der Waals surface area contributed by atoms with E-state index in [1.165, 1.54) is 0 Å². The van der Waals surface area contributed by atoms with Crippen molar-refractivity contribution in [2.24, 2.45) is 0 Å². The Morgan fingerprint density at radius 2 is 2.15 bits per heavy atom. The van der Waals surface area contributed by atoms with Crippen LogP contribution in [-0.4, -0.2) is 25.8 Å². The fraction of sp³-hybridized carbons (Fsp3) is 0.0909. The number of aromatic carboxylic acids is 1. The monoisotopic (exact) mass is 283 g/mol. The first-order valence-corrected chi connectivity index (χ1v) is 5.27. The third-order valence-corrected chi connectivity index (χ3v) is 2.48. The van der Waals surface area contributed by atoms with Crippen LogP contribution < -0.4 is 0 Å². The average molecular weight is 283 g/mol. The fourth-order valence-corrected chi connectivity index (χ4v) is 1.62. The highest BCUT2D eigenvalue weighted by Gasteiger charge is 2.25. The Bertz CT molecular complexity index is 667. The van der Waals surface area contributed by atoms with Gasteiger partial charge in [-0.25, -0.2) is 13.6 Å². The molecule has 1 heterocycles. The molecule has 0 spiro atoms. The molecule has 2 rings (SSSR count). The Balaban J connectivity index is 2.39. The molecule has 0 atom stereocenters. The summed E-state index contributed by atoms with van der Waals surface area (Å²) in [6.07, 6.45) is 0.855. The van der Waals surface area contributed by atoms with Crippen molar-refractivity contribution in [2.45, 2.75) is 6.54 Å². The van der Waals surface area contributed by atoms with Crippen molar-refractivity contribution >= 4 is 11.7 Å². The van der Waals surface area contributed by atoms with Crippen LogP contribution in [0.5, 0.6) is 0 Å². The summed E-state index contributed by atoms with van der Waals surface area (Å²) in [4.78, 5) is 20.6. The minimum Gasteiger partial charge on any atom is -0.476 e. The van der Waals surface area contributed by atoms with Crippen LogP contribution in [-0.2, 0) is 6.54 Å². The maximum absolute atomic E-state index is 13.4. The smallest absolute Gasteiger partial charge is 0.363 e. The Morgan fingerprint density at radius 3 is 2.70 bits per heavy atom. The number of nitro groups is 1. The first kappa shape index (κ1) is 13.6. The van der Waals surface area contributed by atoms with Gasteiger partial charge in [0.2, 0.25) is 5.69 Å². The van der Waals surface area contributed by atoms with E-state index in [0.29, 0.717) is 0 Å². The summed E-state index contributed by atoms with van der Waals surface area (Å²) >= 11 is 0. The number of benzene rings is 1. The number of carbonyl (C=O) groups is 1. The first-order valence-electron chi connectivity index (χ1n) is 5.27. The molecule has 0 saturated heterocycles. The molecule has 20 heavy (non-hydrogen) atoms. The highest BCUT2D eigenvalue weighted by Crippen LogP contribution is 2.18. The first-order chi connectivity index (χ1) is 9.38. The summed E-state index contributed by atoms with van der Waals surface area (Å²) in [5.41, 5.74) is -1.57. The van der Waals surface area contributed by atoms with Crippen LogP contribution in [0.25, 0.3) is 0 Å². The topological polar surface area (TPSA) is 98.3 Å². The third-order valence-electron chi connectivity index (χ3n) is 2.48. The second kappa shape index (κ2) is 5.03. The summed E-state index contributed by atoms with van der Waals surface area (Å²) in [7, 11) is 0. The fourth-order valence-electron chi connectivity index (χ4n) is 1.62. The molecular weight excluding hydrogens is 276 g/mol. The SMILES string of the molecule is O=C(O)c1nn(Cc2cc(F)ccc2F)cc1[N+](=O)[O-]. The van der Waals surface area contributed by atoms with Crippen LogP contribution in [0.2, 0.25) is 0 Å². The molecule has 0 radical (unpaired) electrons. The number of aromatic nitrogens is 2. The van der Waals surface area contributed by atoms with E-state index >= 15 is 0 Å². The summed E-state index contributed by atoms with van der Waals surface area (Å²) in [6.45, 7) is -0.322. The van der Waals surface area contributed by atoms with Gasteiger partial charge in [0.15, 0.2) is 0 Å². The number of carboxylic acids is 1. The highest BCUT2D eigenvalue weighted by atomic mass is 19.1. The molecule has 0 aliphatic heterocycles. The van der Waals surface area contributed by atoms with E-state index in [4.69, 9.17) is 5.11 Å². The van der Waals surface area contributed by atoms with Crippen LogP contribution in [0.15, 0.2) is 24.4 Å². The molecular formula is C11H7F2N3O4. The summed E-state index contributed by atoms with van der Waals surface area (Å²) in [6, 6.07) is 2.73. The van der Waals surface area contributed by atoms with E-state index in [2.05, 4.69) is 5.10 Å². The zero-order chi connectivity index (χ0) is 14.9. The van der Waals surface area contributed by atoms with Gasteiger partial charge in [0.25, 0.3) is 0 Å². The van der Waals surface area contributed by atoms with Crippen LogP contribution in [0.1, 0.15) is 16.1 Å². The molecule has 2 aromatic rings. The van der Waals surface area contributed by atoms with Gasteiger partial charge in [-0.2, -0.15) is 5.10 Å². The molecule has 0 amide bonds. The Morgan fingerprint density at radius 1 is 1.45 bits per heavy atom. The van der Waals surface area contributed by atoms with Crippen LogP contribution in [0.4, 0.5) is 14.5 Å². The standard InChI is InChI=1S/C11H7F2N3O4/c12-7-1-2-8(13)6(3-7)4-15-5-9(16(19)20)10(14-15)11(17)18/h1-3,5H,4H2,(H,17,18). The minimum absolute atomic E-state index is 0.0978. The third kappa shape index (κ3) is 2.60. The molecule has 0 unspecified atom stereocenters. The van der Waals surface area contributed by atoms with Gasteiger partial charge in [-0.05, 0) is 18.2 Å². The Labute approximate surface area is 110 Å². The largest absolute Gasteiger partial charge is 0.476 e. The van der Waals surface area contributed by atoms with Gasteiger partial charge in [0.1, 0.15) is 17.8 Å². The van der Waals surface area contributed by atoms with E-state index < -0.39 is 33.9 Å². The summed E-state index contributed by atoms with van der Waals surface area (Å²) in [5.74, 6) is -2.97. The van der Waals surface area contributed by atoms with Crippen molar-refractivity contribution in [2.75, 3.05) is 0 Å². The van der Waals surface area contributed by atoms with Gasteiger partial charge < -0.3 is 5.11 Å². The lowest BCUT2D eigenvalue weighted by Crippen LogP contribution is -2.06. The van der Waals surface area contributed by atoms with E-state index in [0.717, 1.165) is 29.1 Å². The quantitative estimate of drug-likeness (QED) is 0.681. The predicted octanol–water partition coefficient (Wildman–Crippen LogP) is 1.82. The number of hydrogen-bond acceptors (Lipinski definition) is 4. The second-order valence-corrected chi connectivity index (χ2v) is 3.86. The van der Waals surface area contributed by atoms with Crippen LogP contribution in [0.3, 0.4) is 0 Å². The Kier molecular flexibility index (Phi) is 3.42. The summed E-state index contributed by atoms with van der Waals surface area (Å²) < 4.78 is 27.3. The molecule has 0 aliphatic rings. The van der Waals surface area contributed by atoms with E-state index in [1.54, 1.807) is 0 Å². The van der Waals surface area contributed by atoms with Gasteiger partial charge in [0.05, 0.1) is 11.5 Å². The number of nitrogens with zero attached hydrogens (tertiary/aromatic N) is 3. The highest BCUT2D eigenvalue weighted by molar-refractivity contribution is 5.89. The molecule has 1 aromatic carbocycles. The molecule has 1 N–H and O–H groups in total. The van der Waals surface area contributed by atoms with Gasteiger partial charge >= 0.3 is 11.7 Å². The second-order valence-electron chi connectivity index (χ2n) is 3.86. The Hall–Kier alpha value is -2.84. The molecule has 0 saturated carbocycles. The van der Waals surface area contributed by atoms with Crippen molar-refractivity contribution < 1.29 is 23.6 Å². The van der Waals surface area contributed by atoms with E-state index in [-0.39, 0.29) is 12.1 Å². The molecule has 1 aromatic heterocycles. The lowest BCUT2D eigenvalue weighted by molar-refractivity contribution is -0.385. The zero-order valence-electron chi connectivity index (χ0n) is 9.79. The molecule has 0 fully saturated rings.